The number of benzene rings is 1. The van der Waals surface area contributed by atoms with Crippen molar-refractivity contribution in [3.63, 3.8) is 0 Å². The summed E-state index contributed by atoms with van der Waals surface area (Å²) in [7, 11) is 0. The van der Waals surface area contributed by atoms with Crippen LogP contribution in [-0.2, 0) is 25.7 Å². The van der Waals surface area contributed by atoms with E-state index in [1.165, 1.54) is 11.1 Å². The molecule has 1 heterocycles. The number of imide groups is 1. The SMILES string of the molecule is Cc1cc(C)c(COC(=O)CC2=CC(=O)NC2=O)c(C)c1C. The lowest BCUT2D eigenvalue weighted by atomic mass is 9.95. The largest absolute Gasteiger partial charge is 0.461 e. The molecule has 0 saturated carbocycles. The van der Waals surface area contributed by atoms with Crippen LogP contribution >= 0.6 is 0 Å². The fourth-order valence-corrected chi connectivity index (χ4v) is 2.50. The zero-order chi connectivity index (χ0) is 16.4. The molecule has 0 unspecified atom stereocenters. The molecule has 116 valence electrons. The minimum absolute atomic E-state index is 0.142. The summed E-state index contributed by atoms with van der Waals surface area (Å²) in [5.41, 5.74) is 5.69. The molecule has 5 nitrogen and oxygen atoms in total. The summed E-state index contributed by atoms with van der Waals surface area (Å²) in [6.45, 7) is 8.24. The van der Waals surface area contributed by atoms with Crippen LogP contribution in [0, 0.1) is 27.7 Å². The van der Waals surface area contributed by atoms with Crippen LogP contribution in [0.2, 0.25) is 0 Å². The van der Waals surface area contributed by atoms with Gasteiger partial charge in [0.2, 0.25) is 0 Å². The molecular formula is C17H19NO4. The van der Waals surface area contributed by atoms with Gasteiger partial charge in [-0.3, -0.25) is 19.7 Å². The van der Waals surface area contributed by atoms with Gasteiger partial charge in [-0.05, 0) is 55.5 Å². The lowest BCUT2D eigenvalue weighted by molar-refractivity contribution is -0.144. The lowest BCUT2D eigenvalue weighted by Crippen LogP contribution is -2.23. The summed E-state index contributed by atoms with van der Waals surface area (Å²) in [4.78, 5) is 34.2. The van der Waals surface area contributed by atoms with Crippen LogP contribution in [0.25, 0.3) is 0 Å². The maximum atomic E-state index is 11.8. The third-order valence-electron chi connectivity index (χ3n) is 4.06. The molecule has 0 radical (unpaired) electrons. The van der Waals surface area contributed by atoms with E-state index in [1.54, 1.807) is 0 Å². The summed E-state index contributed by atoms with van der Waals surface area (Å²) >= 11 is 0. The number of hydrogen-bond donors (Lipinski definition) is 1. The van der Waals surface area contributed by atoms with Gasteiger partial charge in [-0.1, -0.05) is 6.07 Å². The molecule has 1 aliphatic rings. The van der Waals surface area contributed by atoms with E-state index in [0.717, 1.165) is 22.8 Å². The van der Waals surface area contributed by atoms with Gasteiger partial charge in [0, 0.05) is 11.6 Å². The van der Waals surface area contributed by atoms with Crippen LogP contribution in [-0.4, -0.2) is 17.8 Å². The third-order valence-corrected chi connectivity index (χ3v) is 4.06. The smallest absolute Gasteiger partial charge is 0.310 e. The van der Waals surface area contributed by atoms with Crippen molar-refractivity contribution in [2.24, 2.45) is 0 Å². The van der Waals surface area contributed by atoms with Crippen molar-refractivity contribution in [1.29, 1.82) is 0 Å². The Balaban J connectivity index is 2.03. The van der Waals surface area contributed by atoms with Crippen LogP contribution < -0.4 is 5.32 Å². The minimum Gasteiger partial charge on any atom is -0.461 e. The number of hydrogen-bond acceptors (Lipinski definition) is 4. The highest BCUT2D eigenvalue weighted by molar-refractivity contribution is 6.17. The molecule has 1 N–H and O–H groups in total. The molecule has 2 amide bonds. The van der Waals surface area contributed by atoms with Crippen LogP contribution in [0.15, 0.2) is 17.7 Å². The van der Waals surface area contributed by atoms with Gasteiger partial charge in [0.1, 0.15) is 6.61 Å². The average Bonchev–Trinajstić information content (AvgIpc) is 2.74. The van der Waals surface area contributed by atoms with E-state index in [9.17, 15) is 14.4 Å². The molecule has 5 heteroatoms. The van der Waals surface area contributed by atoms with Crippen molar-refractivity contribution >= 4 is 17.8 Å². The number of ether oxygens (including phenoxy) is 1. The first-order valence-electron chi connectivity index (χ1n) is 7.07. The molecule has 0 bridgehead atoms. The first-order chi connectivity index (χ1) is 10.3. The van der Waals surface area contributed by atoms with E-state index >= 15 is 0 Å². The Hall–Kier alpha value is -2.43. The van der Waals surface area contributed by atoms with Gasteiger partial charge < -0.3 is 4.74 Å². The van der Waals surface area contributed by atoms with Gasteiger partial charge in [0.25, 0.3) is 11.8 Å². The molecule has 1 aromatic carbocycles. The minimum atomic E-state index is -0.527. The molecule has 1 aliphatic heterocycles. The molecule has 0 atom stereocenters. The van der Waals surface area contributed by atoms with Crippen molar-refractivity contribution in [3.8, 4) is 0 Å². The van der Waals surface area contributed by atoms with Crippen molar-refractivity contribution in [3.05, 3.63) is 45.5 Å². The Morgan fingerprint density at radius 1 is 1.09 bits per heavy atom. The zero-order valence-electron chi connectivity index (χ0n) is 13.2. The Morgan fingerprint density at radius 2 is 1.77 bits per heavy atom. The molecule has 22 heavy (non-hydrogen) atoms. The quantitative estimate of drug-likeness (QED) is 0.681. The summed E-state index contributed by atoms with van der Waals surface area (Å²) in [6, 6.07) is 2.07. The Bertz CT molecular complexity index is 701. The highest BCUT2D eigenvalue weighted by Gasteiger charge is 2.23. The molecular weight excluding hydrogens is 282 g/mol. The highest BCUT2D eigenvalue weighted by Crippen LogP contribution is 2.22. The van der Waals surface area contributed by atoms with Gasteiger partial charge >= 0.3 is 5.97 Å². The Labute approximate surface area is 129 Å². The lowest BCUT2D eigenvalue weighted by Gasteiger charge is -2.15. The standard InChI is InChI=1S/C17H19NO4/c1-9-5-10(2)14(12(4)11(9)3)8-22-16(20)7-13-6-15(19)18-17(13)21/h5-6H,7-8H2,1-4H3,(H,18,19,21). The van der Waals surface area contributed by atoms with Gasteiger partial charge in [0.05, 0.1) is 6.42 Å². The van der Waals surface area contributed by atoms with E-state index in [4.69, 9.17) is 4.74 Å². The second-order valence-corrected chi connectivity index (χ2v) is 5.56. The normalized spacial score (nSPS) is 13.9. The molecule has 0 saturated heterocycles. The van der Waals surface area contributed by atoms with Gasteiger partial charge in [-0.2, -0.15) is 0 Å². The van der Waals surface area contributed by atoms with Crippen molar-refractivity contribution in [1.82, 2.24) is 5.32 Å². The topological polar surface area (TPSA) is 72.5 Å². The Kier molecular flexibility index (Phi) is 4.45. The maximum absolute atomic E-state index is 11.8. The van der Waals surface area contributed by atoms with E-state index in [2.05, 4.69) is 11.4 Å². The molecule has 0 spiro atoms. The molecule has 2 rings (SSSR count). The number of carbonyl (C=O) groups is 3. The maximum Gasteiger partial charge on any atom is 0.310 e. The van der Waals surface area contributed by atoms with Gasteiger partial charge in [0.15, 0.2) is 0 Å². The van der Waals surface area contributed by atoms with Gasteiger partial charge in [-0.25, -0.2) is 0 Å². The van der Waals surface area contributed by atoms with E-state index < -0.39 is 17.8 Å². The van der Waals surface area contributed by atoms with Crippen LogP contribution in [0.5, 0.6) is 0 Å². The van der Waals surface area contributed by atoms with Crippen molar-refractivity contribution < 1.29 is 19.1 Å². The van der Waals surface area contributed by atoms with Crippen LogP contribution in [0.1, 0.15) is 34.2 Å². The molecule has 1 aromatic rings. The van der Waals surface area contributed by atoms with Crippen molar-refractivity contribution in [2.75, 3.05) is 0 Å². The molecule has 0 aliphatic carbocycles. The van der Waals surface area contributed by atoms with Gasteiger partial charge in [-0.15, -0.1) is 0 Å². The number of nitrogens with one attached hydrogen (secondary N) is 1. The first-order valence-corrected chi connectivity index (χ1v) is 7.07. The fourth-order valence-electron chi connectivity index (χ4n) is 2.50. The second-order valence-electron chi connectivity index (χ2n) is 5.56. The third kappa shape index (κ3) is 3.24. The van der Waals surface area contributed by atoms with E-state index in [-0.39, 0.29) is 18.6 Å². The zero-order valence-corrected chi connectivity index (χ0v) is 13.2. The molecule has 0 aromatic heterocycles. The predicted molar refractivity (Wildman–Crippen MR) is 81.0 cm³/mol. The number of esters is 1. The van der Waals surface area contributed by atoms with E-state index in [0.29, 0.717) is 0 Å². The first kappa shape index (κ1) is 15.9. The number of rotatable bonds is 4. The number of carbonyl (C=O) groups excluding carboxylic acids is 3. The van der Waals surface area contributed by atoms with Crippen LogP contribution in [0.4, 0.5) is 0 Å². The summed E-state index contributed by atoms with van der Waals surface area (Å²) < 4.78 is 5.26. The van der Waals surface area contributed by atoms with Crippen molar-refractivity contribution in [2.45, 2.75) is 40.7 Å². The monoisotopic (exact) mass is 301 g/mol. The summed E-state index contributed by atoms with van der Waals surface area (Å²) in [6.07, 6.45) is 0.941. The highest BCUT2D eigenvalue weighted by atomic mass is 16.5. The number of amides is 2. The Morgan fingerprint density at radius 3 is 2.36 bits per heavy atom. The molecule has 0 fully saturated rings. The van der Waals surface area contributed by atoms with E-state index in [1.807, 2.05) is 27.7 Å². The second kappa shape index (κ2) is 6.13. The number of aryl methyl sites for hydroxylation is 2. The summed E-state index contributed by atoms with van der Waals surface area (Å²) in [5, 5.41) is 2.10. The fraction of sp³-hybridized carbons (Fsp3) is 0.353. The average molecular weight is 301 g/mol. The predicted octanol–water partition coefficient (Wildman–Crippen LogP) is 1.94. The van der Waals surface area contributed by atoms with Crippen LogP contribution in [0.3, 0.4) is 0 Å². The summed E-state index contributed by atoms with van der Waals surface area (Å²) in [5.74, 6) is -1.54.